The van der Waals surface area contributed by atoms with Gasteiger partial charge in [0.2, 0.25) is 0 Å². The molecular weight excluding hydrogens is 314 g/mol. The van der Waals surface area contributed by atoms with E-state index in [9.17, 15) is 4.79 Å². The SMILES string of the molecule is C[C@H](c1cncs1)N(C)C(=O)c1coc(CN2CCOCC2)c1. The quantitative estimate of drug-likeness (QED) is 0.840. The highest BCUT2D eigenvalue weighted by molar-refractivity contribution is 7.09. The second-order valence-corrected chi connectivity index (χ2v) is 6.60. The average Bonchev–Trinajstić information content (AvgIpc) is 3.25. The van der Waals surface area contributed by atoms with Crippen molar-refractivity contribution in [2.75, 3.05) is 33.4 Å². The van der Waals surface area contributed by atoms with Crippen molar-refractivity contribution in [1.29, 1.82) is 0 Å². The number of rotatable bonds is 5. The minimum Gasteiger partial charge on any atom is -0.467 e. The fraction of sp³-hybridized carbons (Fsp3) is 0.500. The van der Waals surface area contributed by atoms with Gasteiger partial charge in [-0.2, -0.15) is 0 Å². The number of nitrogens with zero attached hydrogens (tertiary/aromatic N) is 3. The highest BCUT2D eigenvalue weighted by Gasteiger charge is 2.22. The molecule has 1 saturated heterocycles. The molecule has 1 aliphatic heterocycles. The number of ether oxygens (including phenoxy) is 1. The summed E-state index contributed by atoms with van der Waals surface area (Å²) in [4.78, 5) is 21.7. The van der Waals surface area contributed by atoms with Gasteiger partial charge in [-0.3, -0.25) is 14.7 Å². The van der Waals surface area contributed by atoms with Gasteiger partial charge in [-0.15, -0.1) is 11.3 Å². The van der Waals surface area contributed by atoms with Crippen molar-refractivity contribution in [3.05, 3.63) is 40.2 Å². The molecule has 6 nitrogen and oxygen atoms in total. The van der Waals surface area contributed by atoms with Crippen LogP contribution >= 0.6 is 11.3 Å². The topological polar surface area (TPSA) is 58.8 Å². The zero-order valence-corrected chi connectivity index (χ0v) is 14.2. The molecule has 0 radical (unpaired) electrons. The van der Waals surface area contributed by atoms with E-state index in [4.69, 9.17) is 9.15 Å². The van der Waals surface area contributed by atoms with Gasteiger partial charge in [-0.05, 0) is 13.0 Å². The number of thiazole rings is 1. The first kappa shape index (κ1) is 16.2. The summed E-state index contributed by atoms with van der Waals surface area (Å²) in [5.74, 6) is 0.775. The normalized spacial score (nSPS) is 17.1. The zero-order chi connectivity index (χ0) is 16.2. The summed E-state index contributed by atoms with van der Waals surface area (Å²) in [7, 11) is 1.81. The Morgan fingerprint density at radius 3 is 2.96 bits per heavy atom. The number of furan rings is 1. The van der Waals surface area contributed by atoms with E-state index in [0.717, 1.165) is 36.9 Å². The first-order chi connectivity index (χ1) is 11.1. The molecule has 0 spiro atoms. The molecule has 124 valence electrons. The number of amides is 1. The van der Waals surface area contributed by atoms with Crippen molar-refractivity contribution in [3.63, 3.8) is 0 Å². The van der Waals surface area contributed by atoms with Crippen molar-refractivity contribution in [1.82, 2.24) is 14.8 Å². The molecule has 1 atom stereocenters. The highest BCUT2D eigenvalue weighted by atomic mass is 32.1. The summed E-state index contributed by atoms with van der Waals surface area (Å²) < 4.78 is 10.9. The first-order valence-corrected chi connectivity index (χ1v) is 8.56. The summed E-state index contributed by atoms with van der Waals surface area (Å²) in [5, 5.41) is 0. The fourth-order valence-corrected chi connectivity index (χ4v) is 3.28. The lowest BCUT2D eigenvalue weighted by molar-refractivity contribution is 0.0313. The van der Waals surface area contributed by atoms with E-state index in [2.05, 4.69) is 9.88 Å². The molecule has 2 aromatic heterocycles. The number of carbonyl (C=O) groups excluding carboxylic acids is 1. The molecule has 0 N–H and O–H groups in total. The lowest BCUT2D eigenvalue weighted by Gasteiger charge is -2.25. The molecule has 0 unspecified atom stereocenters. The third-order valence-electron chi connectivity index (χ3n) is 4.15. The van der Waals surface area contributed by atoms with Gasteiger partial charge in [0, 0.05) is 31.2 Å². The maximum atomic E-state index is 12.6. The second kappa shape index (κ2) is 7.25. The third-order valence-corrected chi connectivity index (χ3v) is 5.09. The van der Waals surface area contributed by atoms with Crippen LogP contribution in [0, 0.1) is 0 Å². The van der Waals surface area contributed by atoms with Crippen LogP contribution in [0.15, 0.2) is 28.5 Å². The Balaban J connectivity index is 1.63. The largest absolute Gasteiger partial charge is 0.467 e. The van der Waals surface area contributed by atoms with Crippen molar-refractivity contribution < 1.29 is 13.9 Å². The lowest BCUT2D eigenvalue weighted by Crippen LogP contribution is -2.35. The average molecular weight is 335 g/mol. The third kappa shape index (κ3) is 3.80. The van der Waals surface area contributed by atoms with Gasteiger partial charge in [-0.25, -0.2) is 0 Å². The first-order valence-electron chi connectivity index (χ1n) is 7.68. The van der Waals surface area contributed by atoms with E-state index >= 15 is 0 Å². The molecule has 0 saturated carbocycles. The van der Waals surface area contributed by atoms with Gasteiger partial charge in [0.25, 0.3) is 5.91 Å². The molecule has 3 heterocycles. The summed E-state index contributed by atoms with van der Waals surface area (Å²) in [6.45, 7) is 6.01. The Morgan fingerprint density at radius 2 is 2.26 bits per heavy atom. The highest BCUT2D eigenvalue weighted by Crippen LogP contribution is 2.24. The molecular formula is C16H21N3O3S. The molecule has 1 amide bonds. The number of hydrogen-bond acceptors (Lipinski definition) is 6. The van der Waals surface area contributed by atoms with Crippen LogP contribution in [0.5, 0.6) is 0 Å². The molecule has 1 aliphatic rings. The minimum atomic E-state index is -0.0390. The summed E-state index contributed by atoms with van der Waals surface area (Å²) >= 11 is 1.55. The van der Waals surface area contributed by atoms with Gasteiger partial charge in [0.1, 0.15) is 12.0 Å². The van der Waals surface area contributed by atoms with E-state index in [0.29, 0.717) is 12.1 Å². The summed E-state index contributed by atoms with van der Waals surface area (Å²) in [6, 6.07) is 1.83. The van der Waals surface area contributed by atoms with Crippen molar-refractivity contribution in [2.24, 2.45) is 0 Å². The van der Waals surface area contributed by atoms with E-state index in [-0.39, 0.29) is 11.9 Å². The molecule has 7 heteroatoms. The van der Waals surface area contributed by atoms with Gasteiger partial charge in [-0.1, -0.05) is 0 Å². The van der Waals surface area contributed by atoms with Gasteiger partial charge in [0.15, 0.2) is 0 Å². The fourth-order valence-electron chi connectivity index (χ4n) is 2.56. The van der Waals surface area contributed by atoms with E-state index < -0.39 is 0 Å². The lowest BCUT2D eigenvalue weighted by atomic mass is 10.2. The van der Waals surface area contributed by atoms with Crippen molar-refractivity contribution in [3.8, 4) is 0 Å². The number of aromatic nitrogens is 1. The zero-order valence-electron chi connectivity index (χ0n) is 13.4. The Hall–Kier alpha value is -1.70. The molecule has 0 aromatic carbocycles. The van der Waals surface area contributed by atoms with Gasteiger partial charge in [0.05, 0.1) is 36.9 Å². The Morgan fingerprint density at radius 1 is 1.48 bits per heavy atom. The van der Waals surface area contributed by atoms with E-state index in [1.807, 2.05) is 13.0 Å². The van der Waals surface area contributed by atoms with E-state index in [1.54, 1.807) is 41.3 Å². The van der Waals surface area contributed by atoms with Crippen LogP contribution < -0.4 is 0 Å². The van der Waals surface area contributed by atoms with Crippen LogP contribution in [0.3, 0.4) is 0 Å². The van der Waals surface area contributed by atoms with Crippen LogP contribution in [0.2, 0.25) is 0 Å². The van der Waals surface area contributed by atoms with Crippen LogP contribution in [-0.4, -0.2) is 54.0 Å². The molecule has 0 bridgehead atoms. The monoisotopic (exact) mass is 335 g/mol. The van der Waals surface area contributed by atoms with Gasteiger partial charge < -0.3 is 14.1 Å². The van der Waals surface area contributed by atoms with Crippen molar-refractivity contribution in [2.45, 2.75) is 19.5 Å². The van der Waals surface area contributed by atoms with Crippen LogP contribution in [-0.2, 0) is 11.3 Å². The van der Waals surface area contributed by atoms with Gasteiger partial charge >= 0.3 is 0 Å². The minimum absolute atomic E-state index is 0.00686. The predicted octanol–water partition coefficient (Wildman–Crippen LogP) is 2.40. The Kier molecular flexibility index (Phi) is 5.09. The maximum absolute atomic E-state index is 12.6. The molecule has 23 heavy (non-hydrogen) atoms. The maximum Gasteiger partial charge on any atom is 0.257 e. The Labute approximate surface area is 139 Å². The van der Waals surface area contributed by atoms with Crippen LogP contribution in [0.4, 0.5) is 0 Å². The molecule has 0 aliphatic carbocycles. The molecule has 1 fully saturated rings. The van der Waals surface area contributed by atoms with Crippen molar-refractivity contribution >= 4 is 17.2 Å². The summed E-state index contributed by atoms with van der Waals surface area (Å²) in [6.07, 6.45) is 3.35. The standard InChI is InChI=1S/C16H21N3O3S/c1-12(15-8-17-11-23-15)18(2)16(20)13-7-14(22-10-13)9-19-3-5-21-6-4-19/h7-8,10-12H,3-6,9H2,1-2H3/t12-/m1/s1. The molecule has 3 rings (SSSR count). The Bertz CT molecular complexity index is 635. The van der Waals surface area contributed by atoms with E-state index in [1.165, 1.54) is 0 Å². The predicted molar refractivity (Wildman–Crippen MR) is 87.4 cm³/mol. The number of carbonyl (C=O) groups is 1. The van der Waals surface area contributed by atoms with Crippen LogP contribution in [0.1, 0.15) is 34.0 Å². The van der Waals surface area contributed by atoms with Crippen LogP contribution in [0.25, 0.3) is 0 Å². The molecule has 2 aromatic rings. The second-order valence-electron chi connectivity index (χ2n) is 5.69. The number of morpholine rings is 1. The smallest absolute Gasteiger partial charge is 0.257 e. The summed E-state index contributed by atoms with van der Waals surface area (Å²) in [5.41, 5.74) is 2.37. The number of hydrogen-bond donors (Lipinski definition) is 0.